The summed E-state index contributed by atoms with van der Waals surface area (Å²) >= 11 is 3.45. The summed E-state index contributed by atoms with van der Waals surface area (Å²) in [6.07, 6.45) is 4.11. The Bertz CT molecular complexity index is 424. The molecule has 0 atom stereocenters. The Morgan fingerprint density at radius 3 is 2.62 bits per heavy atom. The highest BCUT2D eigenvalue weighted by Gasteiger charge is 2.37. The Morgan fingerprint density at radius 1 is 1.44 bits per heavy atom. The van der Waals surface area contributed by atoms with E-state index in [9.17, 15) is 5.11 Å². The number of rotatable bonds is 3. The van der Waals surface area contributed by atoms with Crippen molar-refractivity contribution in [1.29, 1.82) is 0 Å². The van der Waals surface area contributed by atoms with E-state index < -0.39 is 0 Å². The van der Waals surface area contributed by atoms with E-state index in [2.05, 4.69) is 22.0 Å². The lowest BCUT2D eigenvalue weighted by molar-refractivity contribution is 0.459. The van der Waals surface area contributed by atoms with Crippen molar-refractivity contribution in [3.63, 3.8) is 0 Å². The molecule has 0 aliphatic heterocycles. The van der Waals surface area contributed by atoms with Gasteiger partial charge in [0.25, 0.3) is 0 Å². The predicted molar refractivity (Wildman–Crippen MR) is 69.8 cm³/mol. The van der Waals surface area contributed by atoms with Gasteiger partial charge in [0.2, 0.25) is 0 Å². The van der Waals surface area contributed by atoms with Gasteiger partial charge < -0.3 is 10.8 Å². The predicted octanol–water partition coefficient (Wildman–Crippen LogP) is 3.20. The molecule has 0 bridgehead atoms. The van der Waals surface area contributed by atoms with Gasteiger partial charge in [-0.05, 0) is 56.7 Å². The number of hydrogen-bond donors (Lipinski definition) is 2. The molecule has 1 aliphatic carbocycles. The molecule has 0 heterocycles. The summed E-state index contributed by atoms with van der Waals surface area (Å²) < 4.78 is 0.972. The third-order valence-corrected chi connectivity index (χ3v) is 4.41. The van der Waals surface area contributed by atoms with Gasteiger partial charge in [0.1, 0.15) is 5.75 Å². The summed E-state index contributed by atoms with van der Waals surface area (Å²) in [6, 6.07) is 2.07. The number of hydrogen-bond acceptors (Lipinski definition) is 2. The zero-order chi connectivity index (χ0) is 11.9. The van der Waals surface area contributed by atoms with Gasteiger partial charge in [0, 0.05) is 15.6 Å². The lowest BCUT2D eigenvalue weighted by Crippen LogP contribution is -2.22. The topological polar surface area (TPSA) is 46.2 Å². The Labute approximate surface area is 105 Å². The van der Waals surface area contributed by atoms with Crippen LogP contribution in [0.2, 0.25) is 0 Å². The molecule has 2 rings (SSSR count). The second-order valence-corrected chi connectivity index (χ2v) is 5.84. The standard InChI is InChI=1S/C13H18BrNO/c1-8-7-11(14)9(2)12(16)10(8)3-4-13(15)5-6-13/h7,16H,3-6,15H2,1-2H3. The first-order valence-corrected chi connectivity index (χ1v) is 6.49. The van der Waals surface area contributed by atoms with Gasteiger partial charge in [-0.15, -0.1) is 0 Å². The number of phenols is 1. The molecule has 1 aromatic carbocycles. The SMILES string of the molecule is Cc1cc(Br)c(C)c(O)c1CCC1(N)CC1. The van der Waals surface area contributed by atoms with Gasteiger partial charge >= 0.3 is 0 Å². The zero-order valence-electron chi connectivity index (χ0n) is 9.81. The van der Waals surface area contributed by atoms with Crippen molar-refractivity contribution in [2.24, 2.45) is 5.73 Å². The number of aryl methyl sites for hydroxylation is 1. The van der Waals surface area contributed by atoms with Crippen LogP contribution in [0, 0.1) is 13.8 Å². The van der Waals surface area contributed by atoms with Crippen molar-refractivity contribution >= 4 is 15.9 Å². The third-order valence-electron chi connectivity index (χ3n) is 3.58. The molecule has 16 heavy (non-hydrogen) atoms. The van der Waals surface area contributed by atoms with Crippen LogP contribution >= 0.6 is 15.9 Å². The summed E-state index contributed by atoms with van der Waals surface area (Å²) in [7, 11) is 0. The molecule has 0 radical (unpaired) electrons. The van der Waals surface area contributed by atoms with Crippen LogP contribution in [0.1, 0.15) is 36.0 Å². The molecular formula is C13H18BrNO. The van der Waals surface area contributed by atoms with Gasteiger partial charge in [-0.25, -0.2) is 0 Å². The Kier molecular flexibility index (Phi) is 3.01. The highest BCUT2D eigenvalue weighted by atomic mass is 79.9. The van der Waals surface area contributed by atoms with Crippen LogP contribution in [0.3, 0.4) is 0 Å². The summed E-state index contributed by atoms with van der Waals surface area (Å²) in [5.74, 6) is 0.427. The van der Waals surface area contributed by atoms with Crippen molar-refractivity contribution < 1.29 is 5.11 Å². The fraction of sp³-hybridized carbons (Fsp3) is 0.538. The molecule has 0 saturated heterocycles. The lowest BCUT2D eigenvalue weighted by Gasteiger charge is -2.14. The van der Waals surface area contributed by atoms with Crippen LogP contribution in [-0.2, 0) is 6.42 Å². The second kappa shape index (κ2) is 4.04. The van der Waals surface area contributed by atoms with Crippen LogP contribution < -0.4 is 5.73 Å². The third kappa shape index (κ3) is 2.25. The molecular weight excluding hydrogens is 266 g/mol. The highest BCUT2D eigenvalue weighted by molar-refractivity contribution is 9.10. The number of benzene rings is 1. The Morgan fingerprint density at radius 2 is 2.06 bits per heavy atom. The van der Waals surface area contributed by atoms with E-state index in [1.165, 1.54) is 0 Å². The van der Waals surface area contributed by atoms with Gasteiger partial charge in [-0.2, -0.15) is 0 Å². The molecule has 0 spiro atoms. The Hall–Kier alpha value is -0.540. The van der Waals surface area contributed by atoms with E-state index in [0.29, 0.717) is 5.75 Å². The van der Waals surface area contributed by atoms with Gasteiger partial charge in [0.05, 0.1) is 0 Å². The molecule has 3 N–H and O–H groups in total. The van der Waals surface area contributed by atoms with Crippen LogP contribution in [0.15, 0.2) is 10.5 Å². The summed E-state index contributed by atoms with van der Waals surface area (Å²) in [4.78, 5) is 0. The van der Waals surface area contributed by atoms with E-state index in [-0.39, 0.29) is 5.54 Å². The van der Waals surface area contributed by atoms with Gasteiger partial charge in [-0.3, -0.25) is 0 Å². The number of halogens is 1. The minimum Gasteiger partial charge on any atom is -0.507 e. The van der Waals surface area contributed by atoms with Crippen molar-refractivity contribution in [2.75, 3.05) is 0 Å². The maximum atomic E-state index is 10.1. The van der Waals surface area contributed by atoms with Gasteiger partial charge in [0.15, 0.2) is 0 Å². The quantitative estimate of drug-likeness (QED) is 0.895. The molecule has 0 aromatic heterocycles. The first kappa shape index (κ1) is 11.9. The molecule has 3 heteroatoms. The lowest BCUT2D eigenvalue weighted by atomic mass is 9.97. The largest absolute Gasteiger partial charge is 0.507 e. The molecule has 2 nitrogen and oxygen atoms in total. The van der Waals surface area contributed by atoms with Crippen molar-refractivity contribution in [2.45, 2.75) is 45.1 Å². The first-order chi connectivity index (χ1) is 7.43. The fourth-order valence-corrected chi connectivity index (χ4v) is 2.54. The average molecular weight is 284 g/mol. The van der Waals surface area contributed by atoms with Crippen LogP contribution in [-0.4, -0.2) is 10.6 Å². The Balaban J connectivity index is 2.22. The second-order valence-electron chi connectivity index (χ2n) is 4.99. The molecule has 1 aliphatic rings. The van der Waals surface area contributed by atoms with Crippen LogP contribution in [0.4, 0.5) is 0 Å². The molecule has 0 unspecified atom stereocenters. The van der Waals surface area contributed by atoms with Crippen molar-refractivity contribution in [3.8, 4) is 5.75 Å². The minimum atomic E-state index is 0.0554. The number of nitrogens with two attached hydrogens (primary N) is 1. The number of phenolic OH excluding ortho intramolecular Hbond substituents is 1. The molecule has 1 fully saturated rings. The molecule has 88 valence electrons. The monoisotopic (exact) mass is 283 g/mol. The van der Waals surface area contributed by atoms with Crippen LogP contribution in [0.25, 0.3) is 0 Å². The van der Waals surface area contributed by atoms with E-state index in [1.807, 2.05) is 13.8 Å². The molecule has 1 saturated carbocycles. The first-order valence-electron chi connectivity index (χ1n) is 5.69. The number of aromatic hydroxyl groups is 1. The summed E-state index contributed by atoms with van der Waals surface area (Å²) in [5, 5.41) is 10.1. The smallest absolute Gasteiger partial charge is 0.123 e. The van der Waals surface area contributed by atoms with Crippen LogP contribution in [0.5, 0.6) is 5.75 Å². The maximum absolute atomic E-state index is 10.1. The highest BCUT2D eigenvalue weighted by Crippen LogP contribution is 2.39. The van der Waals surface area contributed by atoms with E-state index >= 15 is 0 Å². The van der Waals surface area contributed by atoms with E-state index in [0.717, 1.165) is 46.8 Å². The molecule has 1 aromatic rings. The van der Waals surface area contributed by atoms with E-state index in [1.54, 1.807) is 0 Å². The summed E-state index contributed by atoms with van der Waals surface area (Å²) in [5.41, 5.74) is 9.24. The normalized spacial score (nSPS) is 17.5. The van der Waals surface area contributed by atoms with Crippen molar-refractivity contribution in [3.05, 3.63) is 27.2 Å². The fourth-order valence-electron chi connectivity index (χ4n) is 2.01. The zero-order valence-corrected chi connectivity index (χ0v) is 11.4. The summed E-state index contributed by atoms with van der Waals surface area (Å²) in [6.45, 7) is 3.97. The molecule has 0 amide bonds. The maximum Gasteiger partial charge on any atom is 0.123 e. The average Bonchev–Trinajstić information content (AvgIpc) is 2.93. The van der Waals surface area contributed by atoms with E-state index in [4.69, 9.17) is 5.73 Å². The van der Waals surface area contributed by atoms with Gasteiger partial charge in [-0.1, -0.05) is 15.9 Å². The van der Waals surface area contributed by atoms with Crippen molar-refractivity contribution in [1.82, 2.24) is 0 Å². The minimum absolute atomic E-state index is 0.0554.